The van der Waals surface area contributed by atoms with Gasteiger partial charge in [-0.25, -0.2) is 0 Å². The Balaban J connectivity index is 2.69. The number of nitrogen functional groups attached to an aromatic ring is 1. The van der Waals surface area contributed by atoms with Crippen LogP contribution in [0.15, 0.2) is 36.4 Å². The maximum atomic E-state index is 11.0. The normalized spacial score (nSPS) is 10.3. The Morgan fingerprint density at radius 2 is 1.67 bits per heavy atom. The van der Waals surface area contributed by atoms with Crippen LogP contribution in [-0.4, -0.2) is 5.97 Å². The molecule has 0 aromatic heterocycles. The third kappa shape index (κ3) is 1.95. The Bertz CT molecular complexity index is 618. The molecule has 0 bridgehead atoms. The van der Waals surface area contributed by atoms with Gasteiger partial charge in [-0.1, -0.05) is 36.4 Å². The van der Waals surface area contributed by atoms with E-state index in [1.54, 1.807) is 6.07 Å². The number of carbonyl (C=O) groups is 1. The summed E-state index contributed by atoms with van der Waals surface area (Å²) in [5.41, 5.74) is 10.1. The van der Waals surface area contributed by atoms with Crippen LogP contribution in [0.4, 0.5) is 5.69 Å². The molecule has 18 heavy (non-hydrogen) atoms. The molecule has 0 aliphatic carbocycles. The second-order valence-electron chi connectivity index (χ2n) is 4.30. The van der Waals surface area contributed by atoms with Gasteiger partial charge in [0.05, 0.1) is 5.97 Å². The maximum Gasteiger partial charge on any atom is 0.0736 e. The number of hydrogen-bond acceptors (Lipinski definition) is 3. The molecule has 0 fully saturated rings. The lowest BCUT2D eigenvalue weighted by molar-refractivity contribution is -0.254. The molecule has 3 nitrogen and oxygen atoms in total. The van der Waals surface area contributed by atoms with Crippen LogP contribution in [0.25, 0.3) is 11.1 Å². The number of nitrogens with two attached hydrogens (primary N) is 1. The Hall–Kier alpha value is -2.29. The van der Waals surface area contributed by atoms with E-state index in [1.807, 2.05) is 38.1 Å². The van der Waals surface area contributed by atoms with E-state index in [2.05, 4.69) is 0 Å². The summed E-state index contributed by atoms with van der Waals surface area (Å²) in [6.45, 7) is 4.01. The summed E-state index contributed by atoms with van der Waals surface area (Å²) in [5, 5.41) is 11.0. The van der Waals surface area contributed by atoms with Gasteiger partial charge >= 0.3 is 0 Å². The summed E-state index contributed by atoms with van der Waals surface area (Å²) >= 11 is 0. The molecular weight excluding hydrogens is 226 g/mol. The van der Waals surface area contributed by atoms with E-state index in [4.69, 9.17) is 5.73 Å². The fourth-order valence-electron chi connectivity index (χ4n) is 2.02. The van der Waals surface area contributed by atoms with Crippen LogP contribution in [0.3, 0.4) is 0 Å². The van der Waals surface area contributed by atoms with Crippen molar-refractivity contribution < 1.29 is 9.90 Å². The quantitative estimate of drug-likeness (QED) is 0.815. The highest BCUT2D eigenvalue weighted by molar-refractivity contribution is 5.97. The van der Waals surface area contributed by atoms with Crippen molar-refractivity contribution >= 4 is 11.7 Å². The molecule has 2 aromatic rings. The number of aromatic carboxylic acids is 1. The summed E-state index contributed by atoms with van der Waals surface area (Å²) in [4.78, 5) is 11.0. The summed E-state index contributed by atoms with van der Waals surface area (Å²) in [7, 11) is 0. The van der Waals surface area contributed by atoms with Gasteiger partial charge in [-0.3, -0.25) is 0 Å². The zero-order valence-electron chi connectivity index (χ0n) is 10.4. The standard InChI is InChI=1S/C15H15NO2/c1-9-5-3-6-11(10(9)2)12-7-4-8-13(14(12)16)15(17)18/h3-8H,16H2,1-2H3,(H,17,18)/p-1. The number of aryl methyl sites for hydroxylation is 1. The number of hydrogen-bond donors (Lipinski definition) is 1. The lowest BCUT2D eigenvalue weighted by Crippen LogP contribution is -2.23. The topological polar surface area (TPSA) is 66.1 Å². The highest BCUT2D eigenvalue weighted by atomic mass is 16.4. The first kappa shape index (κ1) is 12.2. The van der Waals surface area contributed by atoms with Gasteiger partial charge in [-0.05, 0) is 30.5 Å². The van der Waals surface area contributed by atoms with Gasteiger partial charge in [-0.15, -0.1) is 0 Å². The zero-order chi connectivity index (χ0) is 13.3. The average Bonchev–Trinajstić information content (AvgIpc) is 2.33. The maximum absolute atomic E-state index is 11.0. The van der Waals surface area contributed by atoms with Crippen LogP contribution in [-0.2, 0) is 0 Å². The fourth-order valence-corrected chi connectivity index (χ4v) is 2.02. The molecule has 2 N–H and O–H groups in total. The number of carboxylic acids is 1. The van der Waals surface area contributed by atoms with E-state index in [9.17, 15) is 9.90 Å². The van der Waals surface area contributed by atoms with Crippen molar-refractivity contribution in [2.24, 2.45) is 0 Å². The van der Waals surface area contributed by atoms with Crippen LogP contribution in [0, 0.1) is 13.8 Å². The molecule has 0 aliphatic rings. The molecule has 3 heteroatoms. The zero-order valence-corrected chi connectivity index (χ0v) is 10.4. The van der Waals surface area contributed by atoms with E-state index < -0.39 is 5.97 Å². The van der Waals surface area contributed by atoms with Crippen molar-refractivity contribution in [1.82, 2.24) is 0 Å². The minimum Gasteiger partial charge on any atom is -0.545 e. The molecule has 0 heterocycles. The van der Waals surface area contributed by atoms with Gasteiger partial charge in [0.15, 0.2) is 0 Å². The van der Waals surface area contributed by atoms with Crippen LogP contribution >= 0.6 is 0 Å². The van der Waals surface area contributed by atoms with Crippen molar-refractivity contribution in [3.05, 3.63) is 53.1 Å². The number of anilines is 1. The Morgan fingerprint density at radius 1 is 1.06 bits per heavy atom. The van der Waals surface area contributed by atoms with Crippen LogP contribution in [0.1, 0.15) is 21.5 Å². The number of carbonyl (C=O) groups excluding carboxylic acids is 1. The molecule has 0 saturated carbocycles. The predicted molar refractivity (Wildman–Crippen MR) is 70.1 cm³/mol. The van der Waals surface area contributed by atoms with Gasteiger partial charge in [0.1, 0.15) is 0 Å². The molecule has 0 unspecified atom stereocenters. The average molecular weight is 240 g/mol. The monoisotopic (exact) mass is 240 g/mol. The second-order valence-corrected chi connectivity index (χ2v) is 4.30. The third-order valence-corrected chi connectivity index (χ3v) is 3.22. The molecule has 0 aliphatic heterocycles. The van der Waals surface area contributed by atoms with Gasteiger partial charge in [0.25, 0.3) is 0 Å². The summed E-state index contributed by atoms with van der Waals surface area (Å²) < 4.78 is 0. The lowest BCUT2D eigenvalue weighted by atomic mass is 9.94. The minimum atomic E-state index is -1.25. The Morgan fingerprint density at radius 3 is 2.33 bits per heavy atom. The lowest BCUT2D eigenvalue weighted by Gasteiger charge is -2.14. The highest BCUT2D eigenvalue weighted by Gasteiger charge is 2.10. The van der Waals surface area contributed by atoms with Gasteiger partial charge < -0.3 is 15.6 Å². The van der Waals surface area contributed by atoms with Crippen molar-refractivity contribution in [3.8, 4) is 11.1 Å². The fraction of sp³-hybridized carbons (Fsp3) is 0.133. The molecule has 0 radical (unpaired) electrons. The first-order valence-electron chi connectivity index (χ1n) is 5.68. The Kier molecular flexibility index (Phi) is 3.06. The van der Waals surface area contributed by atoms with Gasteiger partial charge in [0, 0.05) is 16.8 Å². The molecule has 92 valence electrons. The predicted octanol–water partition coefficient (Wildman–Crippen LogP) is 1.92. The van der Waals surface area contributed by atoms with E-state index in [0.29, 0.717) is 0 Å². The highest BCUT2D eigenvalue weighted by Crippen LogP contribution is 2.31. The van der Waals surface area contributed by atoms with Gasteiger partial charge in [0.2, 0.25) is 0 Å². The van der Waals surface area contributed by atoms with Crippen LogP contribution in [0.5, 0.6) is 0 Å². The number of para-hydroxylation sites is 1. The van der Waals surface area contributed by atoms with E-state index in [0.717, 1.165) is 22.3 Å². The van der Waals surface area contributed by atoms with E-state index in [-0.39, 0.29) is 11.3 Å². The van der Waals surface area contributed by atoms with Crippen molar-refractivity contribution in [2.75, 3.05) is 5.73 Å². The number of benzene rings is 2. The van der Waals surface area contributed by atoms with E-state index in [1.165, 1.54) is 6.07 Å². The van der Waals surface area contributed by atoms with Crippen molar-refractivity contribution in [1.29, 1.82) is 0 Å². The largest absolute Gasteiger partial charge is 0.545 e. The van der Waals surface area contributed by atoms with Crippen molar-refractivity contribution in [2.45, 2.75) is 13.8 Å². The number of rotatable bonds is 2. The van der Waals surface area contributed by atoms with Crippen LogP contribution < -0.4 is 10.8 Å². The summed E-state index contributed by atoms with van der Waals surface area (Å²) in [5.74, 6) is -1.25. The Labute approximate surface area is 106 Å². The summed E-state index contributed by atoms with van der Waals surface area (Å²) in [6, 6.07) is 10.8. The SMILES string of the molecule is Cc1cccc(-c2cccc(C(=O)[O-])c2N)c1C. The molecular formula is C15H14NO2-. The minimum absolute atomic E-state index is 0.0356. The molecule has 0 spiro atoms. The molecule has 0 saturated heterocycles. The van der Waals surface area contributed by atoms with Gasteiger partial charge in [-0.2, -0.15) is 0 Å². The second kappa shape index (κ2) is 4.53. The third-order valence-electron chi connectivity index (χ3n) is 3.22. The summed E-state index contributed by atoms with van der Waals surface area (Å²) in [6.07, 6.45) is 0. The number of carboxylic acid groups (broad SMARTS) is 1. The first-order chi connectivity index (χ1) is 8.52. The molecule has 2 aromatic carbocycles. The smallest absolute Gasteiger partial charge is 0.0736 e. The van der Waals surface area contributed by atoms with E-state index >= 15 is 0 Å². The molecule has 2 rings (SSSR count). The first-order valence-corrected chi connectivity index (χ1v) is 5.68. The van der Waals surface area contributed by atoms with Crippen LogP contribution in [0.2, 0.25) is 0 Å². The molecule has 0 atom stereocenters. The van der Waals surface area contributed by atoms with Crippen molar-refractivity contribution in [3.63, 3.8) is 0 Å². The molecule has 0 amide bonds.